The smallest absolute Gasteiger partial charge is 0.269 e. The van der Waals surface area contributed by atoms with Gasteiger partial charge in [0.05, 0.1) is 11.1 Å². The monoisotopic (exact) mass is 254 g/mol. The molecule has 1 atom stereocenters. The van der Waals surface area contributed by atoms with E-state index in [0.29, 0.717) is 5.56 Å². The van der Waals surface area contributed by atoms with Gasteiger partial charge in [-0.25, -0.2) is 10.1 Å². The Hall–Kier alpha value is -2.75. The average molecular weight is 254 g/mol. The summed E-state index contributed by atoms with van der Waals surface area (Å²) in [5, 5.41) is 23.2. The van der Waals surface area contributed by atoms with E-state index in [4.69, 9.17) is 5.73 Å². The quantitative estimate of drug-likeness (QED) is 0.269. The first-order valence-corrected chi connectivity index (χ1v) is 4.68. The maximum Gasteiger partial charge on any atom is 0.269 e. The van der Waals surface area contributed by atoms with E-state index in [2.05, 4.69) is 10.5 Å². The molecular formula is C8H10N6O4. The summed E-state index contributed by atoms with van der Waals surface area (Å²) in [6, 6.07) is 5.60. The van der Waals surface area contributed by atoms with Gasteiger partial charge in [-0.15, -0.1) is 5.43 Å². The highest BCUT2D eigenvalue weighted by Crippen LogP contribution is 2.10. The van der Waals surface area contributed by atoms with E-state index in [1.807, 2.05) is 0 Å². The SMILES string of the molecule is N[C@@H](N/N=C\c1ccc([N+](=O)[O-])cc1)N[N+](=O)[O-]. The Morgan fingerprint density at radius 2 is 1.89 bits per heavy atom. The number of hydrazine groups is 1. The van der Waals surface area contributed by atoms with Crippen molar-refractivity contribution in [1.29, 1.82) is 0 Å². The van der Waals surface area contributed by atoms with E-state index in [9.17, 15) is 20.2 Å². The lowest BCUT2D eigenvalue weighted by atomic mass is 10.2. The van der Waals surface area contributed by atoms with Crippen molar-refractivity contribution < 1.29 is 9.96 Å². The summed E-state index contributed by atoms with van der Waals surface area (Å²) in [6.45, 7) is 0. The molecule has 0 aliphatic rings. The first kappa shape index (κ1) is 13.3. The van der Waals surface area contributed by atoms with Crippen LogP contribution in [0.15, 0.2) is 29.4 Å². The number of non-ortho nitro benzene ring substituents is 1. The van der Waals surface area contributed by atoms with Crippen LogP contribution in [0.25, 0.3) is 0 Å². The molecule has 4 N–H and O–H groups in total. The fourth-order valence-electron chi connectivity index (χ4n) is 1.02. The normalized spacial score (nSPS) is 12.1. The zero-order chi connectivity index (χ0) is 13.5. The van der Waals surface area contributed by atoms with Crippen LogP contribution >= 0.6 is 0 Å². The minimum atomic E-state index is -1.13. The molecule has 0 aromatic heterocycles. The van der Waals surface area contributed by atoms with Crippen LogP contribution in [0.2, 0.25) is 0 Å². The fourth-order valence-corrected chi connectivity index (χ4v) is 1.02. The molecule has 0 fully saturated rings. The van der Waals surface area contributed by atoms with Crippen molar-refractivity contribution in [1.82, 2.24) is 10.9 Å². The van der Waals surface area contributed by atoms with Crippen LogP contribution in [0.3, 0.4) is 0 Å². The average Bonchev–Trinajstić information content (AvgIpc) is 2.28. The molecule has 18 heavy (non-hydrogen) atoms. The lowest BCUT2D eigenvalue weighted by Crippen LogP contribution is -2.49. The molecule has 1 rings (SSSR count). The van der Waals surface area contributed by atoms with E-state index < -0.39 is 16.2 Å². The zero-order valence-electron chi connectivity index (χ0n) is 9.02. The molecule has 0 aliphatic heterocycles. The van der Waals surface area contributed by atoms with Crippen molar-refractivity contribution >= 4 is 11.9 Å². The number of nitrogens with one attached hydrogen (secondary N) is 2. The summed E-state index contributed by atoms with van der Waals surface area (Å²) in [6.07, 6.45) is 0.194. The number of hydrogen-bond acceptors (Lipinski definition) is 7. The largest absolute Gasteiger partial charge is 0.289 e. The van der Waals surface area contributed by atoms with Gasteiger partial charge in [0, 0.05) is 12.1 Å². The number of nitro benzene ring substituents is 1. The summed E-state index contributed by atoms with van der Waals surface area (Å²) in [5.41, 5.74) is 9.78. The molecule has 0 aliphatic carbocycles. The van der Waals surface area contributed by atoms with Crippen LogP contribution in [0.1, 0.15) is 5.56 Å². The predicted molar refractivity (Wildman–Crippen MR) is 61.9 cm³/mol. The third-order valence-corrected chi connectivity index (χ3v) is 1.78. The first-order valence-electron chi connectivity index (χ1n) is 4.68. The summed E-state index contributed by atoms with van der Waals surface area (Å²) < 4.78 is 0. The van der Waals surface area contributed by atoms with Crippen LogP contribution in [-0.4, -0.2) is 22.5 Å². The molecule has 1 aromatic rings. The number of hydrazone groups is 1. The van der Waals surface area contributed by atoms with Gasteiger partial charge in [0.2, 0.25) is 6.29 Å². The van der Waals surface area contributed by atoms with Crippen LogP contribution in [-0.2, 0) is 0 Å². The van der Waals surface area contributed by atoms with Crippen molar-refractivity contribution in [2.24, 2.45) is 10.8 Å². The topological polar surface area (TPSA) is 149 Å². The Morgan fingerprint density at radius 1 is 1.28 bits per heavy atom. The number of rotatable bonds is 6. The molecule has 0 spiro atoms. The lowest BCUT2D eigenvalue weighted by Gasteiger charge is -2.06. The highest BCUT2D eigenvalue weighted by molar-refractivity contribution is 5.79. The minimum Gasteiger partial charge on any atom is -0.289 e. The second kappa shape index (κ2) is 6.10. The van der Waals surface area contributed by atoms with Gasteiger partial charge in [-0.1, -0.05) is 0 Å². The number of nitrogens with zero attached hydrogens (tertiary/aromatic N) is 3. The number of benzene rings is 1. The van der Waals surface area contributed by atoms with Crippen molar-refractivity contribution in [2.75, 3.05) is 0 Å². The molecule has 0 amide bonds. The lowest BCUT2D eigenvalue weighted by molar-refractivity contribution is -0.552. The highest BCUT2D eigenvalue weighted by Gasteiger charge is 2.04. The van der Waals surface area contributed by atoms with Crippen LogP contribution in [0, 0.1) is 20.2 Å². The molecular weight excluding hydrogens is 244 g/mol. The van der Waals surface area contributed by atoms with Gasteiger partial charge in [-0.3, -0.25) is 21.3 Å². The van der Waals surface area contributed by atoms with E-state index in [1.54, 1.807) is 5.43 Å². The maximum absolute atomic E-state index is 10.4. The van der Waals surface area contributed by atoms with Crippen LogP contribution in [0.5, 0.6) is 0 Å². The summed E-state index contributed by atoms with van der Waals surface area (Å²) in [7, 11) is 0. The van der Waals surface area contributed by atoms with Gasteiger partial charge in [0.1, 0.15) is 0 Å². The predicted octanol–water partition coefficient (Wildman–Crippen LogP) is -0.458. The highest BCUT2D eigenvalue weighted by atomic mass is 16.7. The second-order valence-corrected chi connectivity index (χ2v) is 3.10. The molecule has 0 saturated heterocycles. The first-order chi connectivity index (χ1) is 8.49. The van der Waals surface area contributed by atoms with Gasteiger partial charge >= 0.3 is 0 Å². The van der Waals surface area contributed by atoms with Crippen molar-refractivity contribution in [3.05, 3.63) is 50.1 Å². The third kappa shape index (κ3) is 4.40. The van der Waals surface area contributed by atoms with Gasteiger partial charge < -0.3 is 0 Å². The van der Waals surface area contributed by atoms with E-state index >= 15 is 0 Å². The van der Waals surface area contributed by atoms with Crippen LogP contribution in [0.4, 0.5) is 5.69 Å². The van der Waals surface area contributed by atoms with Gasteiger partial charge in [0.15, 0.2) is 5.03 Å². The third-order valence-electron chi connectivity index (χ3n) is 1.78. The molecule has 10 nitrogen and oxygen atoms in total. The Balaban J connectivity index is 2.52. The standard InChI is InChI=1S/C8H10N6O4/c9-8(12-14(17)18)11-10-5-6-1-3-7(4-2-6)13(15)16/h1-5,8,11-12H,9H2/b10-5-/t8-/m0/s1. The molecule has 0 radical (unpaired) electrons. The van der Waals surface area contributed by atoms with Crippen LogP contribution < -0.4 is 16.6 Å². The van der Waals surface area contributed by atoms with E-state index in [1.165, 1.54) is 30.5 Å². The molecule has 1 aromatic carbocycles. The minimum absolute atomic E-state index is 0.0353. The summed E-state index contributed by atoms with van der Waals surface area (Å²) in [5.74, 6) is 0. The molecule has 96 valence electrons. The molecule has 0 bridgehead atoms. The van der Waals surface area contributed by atoms with Gasteiger partial charge in [-0.05, 0) is 17.7 Å². The van der Waals surface area contributed by atoms with Crippen molar-refractivity contribution in [2.45, 2.75) is 6.29 Å². The molecule has 0 heterocycles. The Bertz CT molecular complexity index is 459. The zero-order valence-corrected chi connectivity index (χ0v) is 9.02. The van der Waals surface area contributed by atoms with Gasteiger partial charge in [-0.2, -0.15) is 5.10 Å². The Morgan fingerprint density at radius 3 is 2.39 bits per heavy atom. The number of nitrogens with two attached hydrogens (primary N) is 1. The maximum atomic E-state index is 10.4. The second-order valence-electron chi connectivity index (χ2n) is 3.10. The van der Waals surface area contributed by atoms with E-state index in [0.717, 1.165) is 0 Å². The molecule has 10 heteroatoms. The van der Waals surface area contributed by atoms with E-state index in [-0.39, 0.29) is 5.69 Å². The fraction of sp³-hybridized carbons (Fsp3) is 0.125. The number of hydrogen-bond donors (Lipinski definition) is 3. The summed E-state index contributed by atoms with van der Waals surface area (Å²) >= 11 is 0. The van der Waals surface area contributed by atoms with Gasteiger partial charge in [0.25, 0.3) is 5.69 Å². The summed E-state index contributed by atoms with van der Waals surface area (Å²) in [4.78, 5) is 19.9. The Labute approximate surface area is 101 Å². The van der Waals surface area contributed by atoms with Crippen molar-refractivity contribution in [3.8, 4) is 0 Å². The molecule has 0 unspecified atom stereocenters. The number of nitro groups is 2. The van der Waals surface area contributed by atoms with Crippen molar-refractivity contribution in [3.63, 3.8) is 0 Å². The molecule has 0 saturated carbocycles. The Kier molecular flexibility index (Phi) is 4.51.